The Balaban J connectivity index is 1.95. The molecule has 4 nitrogen and oxygen atoms in total. The molecule has 2 fully saturated rings. The Morgan fingerprint density at radius 1 is 1.29 bits per heavy atom. The molecule has 0 N–H and O–H groups in total. The first kappa shape index (κ1) is 13.3. The average Bonchev–Trinajstić information content (AvgIpc) is 2.28. The van der Waals surface area contributed by atoms with Crippen molar-refractivity contribution in [2.45, 2.75) is 45.1 Å². The van der Waals surface area contributed by atoms with E-state index in [1.54, 1.807) is 11.4 Å². The molecular weight excluding hydrogens is 238 g/mol. The lowest BCUT2D eigenvalue weighted by atomic mass is 9.61. The number of methoxy groups -OCH3 is 1. The van der Waals surface area contributed by atoms with Crippen molar-refractivity contribution < 1.29 is 13.2 Å². The van der Waals surface area contributed by atoms with Crippen molar-refractivity contribution in [1.29, 1.82) is 0 Å². The minimum atomic E-state index is -3.00. The van der Waals surface area contributed by atoms with Crippen molar-refractivity contribution in [3.63, 3.8) is 0 Å². The second-order valence-electron chi connectivity index (χ2n) is 5.34. The number of hydrogen-bond acceptors (Lipinski definition) is 3. The molecule has 1 saturated heterocycles. The predicted molar refractivity (Wildman–Crippen MR) is 67.3 cm³/mol. The molecule has 0 aromatic carbocycles. The van der Waals surface area contributed by atoms with Crippen LogP contribution in [0.3, 0.4) is 0 Å². The van der Waals surface area contributed by atoms with Gasteiger partial charge in [0.25, 0.3) is 0 Å². The normalized spacial score (nSPS) is 29.2. The van der Waals surface area contributed by atoms with Gasteiger partial charge in [-0.1, -0.05) is 6.92 Å². The number of nitrogens with zero attached hydrogens (tertiary/aromatic N) is 1. The van der Waals surface area contributed by atoms with Crippen LogP contribution in [-0.4, -0.2) is 44.8 Å². The summed E-state index contributed by atoms with van der Waals surface area (Å²) in [6, 6.07) is 0. The Hall–Kier alpha value is -0.130. The largest absolute Gasteiger partial charge is 0.381 e. The number of ether oxygens (including phenoxy) is 1. The number of rotatable bonds is 4. The molecule has 5 heteroatoms. The number of piperidine rings is 1. The Morgan fingerprint density at radius 3 is 2.35 bits per heavy atom. The van der Waals surface area contributed by atoms with Gasteiger partial charge in [0, 0.05) is 20.2 Å². The van der Waals surface area contributed by atoms with Crippen molar-refractivity contribution >= 4 is 10.0 Å². The molecule has 1 heterocycles. The van der Waals surface area contributed by atoms with E-state index >= 15 is 0 Å². The van der Waals surface area contributed by atoms with E-state index in [9.17, 15) is 8.42 Å². The first-order valence-corrected chi connectivity index (χ1v) is 8.15. The van der Waals surface area contributed by atoms with E-state index < -0.39 is 10.0 Å². The highest BCUT2D eigenvalue weighted by molar-refractivity contribution is 7.89. The molecule has 0 radical (unpaired) electrons. The lowest BCUT2D eigenvalue weighted by molar-refractivity contribution is -0.113. The van der Waals surface area contributed by atoms with E-state index in [1.807, 2.05) is 6.92 Å². The molecule has 0 aromatic heterocycles. The summed E-state index contributed by atoms with van der Waals surface area (Å²) < 4.78 is 31.1. The van der Waals surface area contributed by atoms with Gasteiger partial charge in [-0.05, 0) is 37.5 Å². The molecule has 0 aromatic rings. The van der Waals surface area contributed by atoms with Crippen LogP contribution >= 0.6 is 0 Å². The Morgan fingerprint density at radius 2 is 1.94 bits per heavy atom. The van der Waals surface area contributed by atoms with Gasteiger partial charge in [-0.15, -0.1) is 0 Å². The molecule has 1 spiro atoms. The third kappa shape index (κ3) is 2.37. The van der Waals surface area contributed by atoms with Gasteiger partial charge in [0.1, 0.15) is 0 Å². The van der Waals surface area contributed by atoms with Gasteiger partial charge in [0.15, 0.2) is 0 Å². The second kappa shape index (κ2) is 4.86. The summed E-state index contributed by atoms with van der Waals surface area (Å²) in [4.78, 5) is 0. The molecule has 2 aliphatic rings. The monoisotopic (exact) mass is 261 g/mol. The van der Waals surface area contributed by atoms with Crippen LogP contribution < -0.4 is 0 Å². The summed E-state index contributed by atoms with van der Waals surface area (Å²) in [5.41, 5.74) is 0.285. The summed E-state index contributed by atoms with van der Waals surface area (Å²) in [6.45, 7) is 3.28. The summed E-state index contributed by atoms with van der Waals surface area (Å²) >= 11 is 0. The SMILES string of the molecule is CCCS(=O)(=O)N1CCC2(CCC2OC)CC1. The fraction of sp³-hybridized carbons (Fsp3) is 1.00. The first-order chi connectivity index (χ1) is 8.04. The highest BCUT2D eigenvalue weighted by Crippen LogP contribution is 2.50. The third-order valence-electron chi connectivity index (χ3n) is 4.45. The molecule has 1 aliphatic carbocycles. The summed E-state index contributed by atoms with van der Waals surface area (Å²) in [5, 5.41) is 0. The maximum absolute atomic E-state index is 11.9. The second-order valence-corrected chi connectivity index (χ2v) is 7.43. The fourth-order valence-corrected chi connectivity index (χ4v) is 4.72. The molecule has 0 amide bonds. The predicted octanol–water partition coefficient (Wildman–Crippen LogP) is 1.62. The Bertz CT molecular complexity index is 356. The summed E-state index contributed by atoms with van der Waals surface area (Å²) in [6.07, 6.45) is 5.33. The van der Waals surface area contributed by atoms with Crippen LogP contribution in [0.15, 0.2) is 0 Å². The molecule has 2 rings (SSSR count). The van der Waals surface area contributed by atoms with E-state index in [4.69, 9.17) is 4.74 Å². The highest BCUT2D eigenvalue weighted by Gasteiger charge is 2.49. The standard InChI is InChI=1S/C12H23NO3S/c1-3-10-17(14,15)13-8-6-12(7-9-13)5-4-11(12)16-2/h11H,3-10H2,1-2H3. The van der Waals surface area contributed by atoms with Crippen molar-refractivity contribution in [3.8, 4) is 0 Å². The topological polar surface area (TPSA) is 46.6 Å². The van der Waals surface area contributed by atoms with Crippen LogP contribution in [0.4, 0.5) is 0 Å². The van der Waals surface area contributed by atoms with Gasteiger partial charge >= 0.3 is 0 Å². The molecule has 17 heavy (non-hydrogen) atoms. The van der Waals surface area contributed by atoms with Crippen LogP contribution in [0.5, 0.6) is 0 Å². The van der Waals surface area contributed by atoms with E-state index in [2.05, 4.69) is 0 Å². The zero-order chi connectivity index (χ0) is 12.5. The zero-order valence-corrected chi connectivity index (χ0v) is 11.6. The van der Waals surface area contributed by atoms with Crippen LogP contribution in [0, 0.1) is 5.41 Å². The van der Waals surface area contributed by atoms with Gasteiger partial charge in [0.2, 0.25) is 10.0 Å². The quantitative estimate of drug-likeness (QED) is 0.772. The van der Waals surface area contributed by atoms with Crippen molar-refractivity contribution in [1.82, 2.24) is 4.31 Å². The van der Waals surface area contributed by atoms with Crippen LogP contribution in [0.25, 0.3) is 0 Å². The van der Waals surface area contributed by atoms with Crippen molar-refractivity contribution in [3.05, 3.63) is 0 Å². The minimum Gasteiger partial charge on any atom is -0.381 e. The molecule has 1 saturated carbocycles. The summed E-state index contributed by atoms with van der Waals surface area (Å²) in [5.74, 6) is 0.285. The van der Waals surface area contributed by atoms with E-state index in [0.717, 1.165) is 19.3 Å². The van der Waals surface area contributed by atoms with Crippen LogP contribution in [0.1, 0.15) is 39.0 Å². The van der Waals surface area contributed by atoms with Crippen LogP contribution in [0.2, 0.25) is 0 Å². The molecule has 1 aliphatic heterocycles. The number of hydrogen-bond donors (Lipinski definition) is 0. The van der Waals surface area contributed by atoms with Gasteiger partial charge in [-0.2, -0.15) is 0 Å². The molecule has 100 valence electrons. The maximum atomic E-state index is 11.9. The van der Waals surface area contributed by atoms with Crippen molar-refractivity contribution in [2.75, 3.05) is 26.0 Å². The smallest absolute Gasteiger partial charge is 0.214 e. The van der Waals surface area contributed by atoms with Gasteiger partial charge in [-0.3, -0.25) is 0 Å². The zero-order valence-electron chi connectivity index (χ0n) is 10.8. The Kier molecular flexibility index (Phi) is 3.80. The Labute approximate surface area is 104 Å². The maximum Gasteiger partial charge on any atom is 0.214 e. The lowest BCUT2D eigenvalue weighted by Gasteiger charge is -2.52. The first-order valence-electron chi connectivity index (χ1n) is 6.55. The van der Waals surface area contributed by atoms with E-state index in [0.29, 0.717) is 25.6 Å². The van der Waals surface area contributed by atoms with Crippen molar-refractivity contribution in [2.24, 2.45) is 5.41 Å². The van der Waals surface area contributed by atoms with E-state index in [-0.39, 0.29) is 11.2 Å². The molecule has 1 unspecified atom stereocenters. The average molecular weight is 261 g/mol. The lowest BCUT2D eigenvalue weighted by Crippen LogP contribution is -2.54. The van der Waals surface area contributed by atoms with Gasteiger partial charge in [0.05, 0.1) is 11.9 Å². The van der Waals surface area contributed by atoms with Gasteiger partial charge in [-0.25, -0.2) is 12.7 Å². The van der Waals surface area contributed by atoms with Gasteiger partial charge < -0.3 is 4.74 Å². The summed E-state index contributed by atoms with van der Waals surface area (Å²) in [7, 11) is -1.23. The fourth-order valence-electron chi connectivity index (χ4n) is 3.21. The third-order valence-corrected chi connectivity index (χ3v) is 6.52. The molecule has 1 atom stereocenters. The highest BCUT2D eigenvalue weighted by atomic mass is 32.2. The molecular formula is C12H23NO3S. The minimum absolute atomic E-state index is 0.285. The molecule has 0 bridgehead atoms. The number of sulfonamides is 1. The van der Waals surface area contributed by atoms with Crippen LogP contribution in [-0.2, 0) is 14.8 Å². The van der Waals surface area contributed by atoms with E-state index in [1.165, 1.54) is 6.42 Å².